The molecule has 0 aliphatic carbocycles. The predicted octanol–water partition coefficient (Wildman–Crippen LogP) is 6.02. The summed E-state index contributed by atoms with van der Waals surface area (Å²) in [7, 11) is 0. The van der Waals surface area contributed by atoms with Crippen molar-refractivity contribution in [2.45, 2.75) is 6.92 Å². The molecule has 0 atom stereocenters. The molecule has 3 heteroatoms. The zero-order valence-electron chi connectivity index (χ0n) is 13.9. The van der Waals surface area contributed by atoms with Crippen LogP contribution < -0.4 is 5.73 Å². The monoisotopic (exact) mass is 342 g/mol. The van der Waals surface area contributed by atoms with Crippen LogP contribution in [0.25, 0.3) is 32.9 Å². The third-order valence-electron chi connectivity index (χ3n) is 4.15. The highest BCUT2D eigenvalue weighted by atomic mass is 32.1. The molecule has 1 aromatic heterocycles. The SMILES string of the molecule is Cc1ccc2nc(-c3ccc(/C=C/c4ccccc4N)cc3)sc2c1. The van der Waals surface area contributed by atoms with E-state index >= 15 is 0 Å². The predicted molar refractivity (Wildman–Crippen MR) is 110 cm³/mol. The first-order chi connectivity index (χ1) is 12.2. The van der Waals surface area contributed by atoms with Gasteiger partial charge >= 0.3 is 0 Å². The van der Waals surface area contributed by atoms with Crippen molar-refractivity contribution in [2.24, 2.45) is 0 Å². The first-order valence-electron chi connectivity index (χ1n) is 8.19. The molecule has 4 rings (SSSR count). The number of benzene rings is 3. The van der Waals surface area contributed by atoms with Crippen LogP contribution in [0.15, 0.2) is 66.7 Å². The fourth-order valence-electron chi connectivity index (χ4n) is 2.74. The molecule has 0 aliphatic heterocycles. The lowest BCUT2D eigenvalue weighted by atomic mass is 10.1. The van der Waals surface area contributed by atoms with E-state index in [9.17, 15) is 0 Å². The molecule has 0 saturated heterocycles. The summed E-state index contributed by atoms with van der Waals surface area (Å²) in [5.74, 6) is 0. The molecule has 0 amide bonds. The van der Waals surface area contributed by atoms with E-state index in [0.717, 1.165) is 32.9 Å². The zero-order valence-corrected chi connectivity index (χ0v) is 14.8. The van der Waals surface area contributed by atoms with Gasteiger partial charge in [0.25, 0.3) is 0 Å². The van der Waals surface area contributed by atoms with E-state index in [-0.39, 0.29) is 0 Å². The van der Waals surface area contributed by atoms with Gasteiger partial charge in [0.05, 0.1) is 10.2 Å². The maximum atomic E-state index is 5.97. The van der Waals surface area contributed by atoms with E-state index in [4.69, 9.17) is 10.7 Å². The maximum absolute atomic E-state index is 5.97. The highest BCUT2D eigenvalue weighted by molar-refractivity contribution is 7.21. The Hall–Kier alpha value is -2.91. The second kappa shape index (κ2) is 6.54. The van der Waals surface area contributed by atoms with Gasteiger partial charge < -0.3 is 5.73 Å². The van der Waals surface area contributed by atoms with E-state index in [0.29, 0.717) is 0 Å². The first kappa shape index (κ1) is 15.6. The zero-order chi connectivity index (χ0) is 17.2. The van der Waals surface area contributed by atoms with Gasteiger partial charge in [-0.15, -0.1) is 11.3 Å². The lowest BCUT2D eigenvalue weighted by molar-refractivity contribution is 1.45. The summed E-state index contributed by atoms with van der Waals surface area (Å²) >= 11 is 1.74. The summed E-state index contributed by atoms with van der Waals surface area (Å²) in [6.07, 6.45) is 4.13. The largest absolute Gasteiger partial charge is 0.398 e. The summed E-state index contributed by atoms with van der Waals surface area (Å²) in [6, 6.07) is 22.7. The number of nitrogen functional groups attached to an aromatic ring is 1. The minimum Gasteiger partial charge on any atom is -0.398 e. The molecule has 1 heterocycles. The number of thiazole rings is 1. The number of para-hydroxylation sites is 1. The summed E-state index contributed by atoms with van der Waals surface area (Å²) in [5, 5.41) is 1.06. The van der Waals surface area contributed by atoms with E-state index in [2.05, 4.69) is 55.5 Å². The average molecular weight is 342 g/mol. The number of anilines is 1. The van der Waals surface area contributed by atoms with Crippen molar-refractivity contribution in [1.29, 1.82) is 0 Å². The second-order valence-corrected chi connectivity index (χ2v) is 7.11. The van der Waals surface area contributed by atoms with Gasteiger partial charge in [-0.25, -0.2) is 4.98 Å². The van der Waals surface area contributed by atoms with Crippen LogP contribution in [0.4, 0.5) is 5.69 Å². The number of hydrogen-bond donors (Lipinski definition) is 1. The van der Waals surface area contributed by atoms with Crippen LogP contribution in [-0.2, 0) is 0 Å². The molecule has 0 unspecified atom stereocenters. The Morgan fingerprint density at radius 1 is 0.920 bits per heavy atom. The fourth-order valence-corrected chi connectivity index (χ4v) is 3.81. The van der Waals surface area contributed by atoms with Crippen molar-refractivity contribution in [3.05, 3.63) is 83.4 Å². The van der Waals surface area contributed by atoms with Crippen LogP contribution in [0.3, 0.4) is 0 Å². The highest BCUT2D eigenvalue weighted by Gasteiger charge is 2.06. The summed E-state index contributed by atoms with van der Waals surface area (Å²) < 4.78 is 1.23. The second-order valence-electron chi connectivity index (χ2n) is 6.07. The summed E-state index contributed by atoms with van der Waals surface area (Å²) in [4.78, 5) is 4.74. The van der Waals surface area contributed by atoms with Crippen LogP contribution in [-0.4, -0.2) is 4.98 Å². The Bertz CT molecular complexity index is 1060. The Kier molecular flexibility index (Phi) is 4.08. The number of aromatic nitrogens is 1. The van der Waals surface area contributed by atoms with Crippen LogP contribution >= 0.6 is 11.3 Å². The number of hydrogen-bond acceptors (Lipinski definition) is 3. The van der Waals surface area contributed by atoms with Crippen molar-refractivity contribution in [3.8, 4) is 10.6 Å². The minimum absolute atomic E-state index is 0.792. The minimum atomic E-state index is 0.792. The first-order valence-corrected chi connectivity index (χ1v) is 9.01. The quantitative estimate of drug-likeness (QED) is 0.365. The molecule has 0 fully saturated rings. The van der Waals surface area contributed by atoms with E-state index < -0.39 is 0 Å². The number of fused-ring (bicyclic) bond motifs is 1. The highest BCUT2D eigenvalue weighted by Crippen LogP contribution is 2.31. The van der Waals surface area contributed by atoms with Gasteiger partial charge in [0.1, 0.15) is 5.01 Å². The van der Waals surface area contributed by atoms with Crippen molar-refractivity contribution in [1.82, 2.24) is 4.98 Å². The topological polar surface area (TPSA) is 38.9 Å². The van der Waals surface area contributed by atoms with Crippen molar-refractivity contribution >= 4 is 39.4 Å². The maximum Gasteiger partial charge on any atom is 0.124 e. The standard InChI is InChI=1S/C22H18N2S/c1-15-6-13-20-21(14-15)25-22(24-20)18-11-8-16(9-12-18)7-10-17-4-2-3-5-19(17)23/h2-14H,23H2,1H3/b10-7+. The van der Waals surface area contributed by atoms with Gasteiger partial charge in [-0.1, -0.05) is 60.7 Å². The number of nitrogens with two attached hydrogens (primary N) is 1. The van der Waals surface area contributed by atoms with Gasteiger partial charge in [0.15, 0.2) is 0 Å². The van der Waals surface area contributed by atoms with E-state index in [1.807, 2.05) is 30.3 Å². The van der Waals surface area contributed by atoms with Gasteiger partial charge in [0, 0.05) is 11.3 Å². The number of nitrogens with zero attached hydrogens (tertiary/aromatic N) is 1. The van der Waals surface area contributed by atoms with E-state index in [1.165, 1.54) is 10.3 Å². The molecule has 0 bridgehead atoms. The lowest BCUT2D eigenvalue weighted by Crippen LogP contribution is -1.87. The molecule has 2 N–H and O–H groups in total. The molecule has 0 saturated carbocycles. The lowest BCUT2D eigenvalue weighted by Gasteiger charge is -2.00. The van der Waals surface area contributed by atoms with Crippen molar-refractivity contribution in [3.63, 3.8) is 0 Å². The number of aryl methyl sites for hydroxylation is 1. The van der Waals surface area contributed by atoms with E-state index in [1.54, 1.807) is 11.3 Å². The van der Waals surface area contributed by atoms with Gasteiger partial charge in [-0.3, -0.25) is 0 Å². The Morgan fingerprint density at radius 3 is 2.52 bits per heavy atom. The van der Waals surface area contributed by atoms with Crippen LogP contribution in [0.1, 0.15) is 16.7 Å². The third kappa shape index (κ3) is 3.32. The fraction of sp³-hybridized carbons (Fsp3) is 0.0455. The van der Waals surface area contributed by atoms with Crippen molar-refractivity contribution < 1.29 is 0 Å². The average Bonchev–Trinajstić information content (AvgIpc) is 3.04. The summed E-state index contributed by atoms with van der Waals surface area (Å²) in [5.41, 5.74) is 12.4. The molecular formula is C22H18N2S. The molecule has 0 radical (unpaired) electrons. The van der Waals surface area contributed by atoms with Crippen molar-refractivity contribution in [2.75, 3.05) is 5.73 Å². The number of rotatable bonds is 3. The Morgan fingerprint density at radius 2 is 1.72 bits per heavy atom. The normalized spacial score (nSPS) is 11.4. The Balaban J connectivity index is 1.60. The molecule has 4 aromatic rings. The van der Waals surface area contributed by atoms with Crippen LogP contribution in [0.2, 0.25) is 0 Å². The molecule has 3 aromatic carbocycles. The molecule has 122 valence electrons. The van der Waals surface area contributed by atoms with Crippen LogP contribution in [0.5, 0.6) is 0 Å². The van der Waals surface area contributed by atoms with Gasteiger partial charge in [0.2, 0.25) is 0 Å². The summed E-state index contributed by atoms with van der Waals surface area (Å²) in [6.45, 7) is 2.11. The molecular weight excluding hydrogens is 324 g/mol. The Labute approximate surface area is 151 Å². The molecule has 0 aliphatic rings. The molecule has 2 nitrogen and oxygen atoms in total. The van der Waals surface area contributed by atoms with Gasteiger partial charge in [-0.2, -0.15) is 0 Å². The molecule has 25 heavy (non-hydrogen) atoms. The third-order valence-corrected chi connectivity index (χ3v) is 5.22. The molecule has 0 spiro atoms. The smallest absolute Gasteiger partial charge is 0.124 e. The van der Waals surface area contributed by atoms with Gasteiger partial charge in [-0.05, 0) is 41.8 Å². The van der Waals surface area contributed by atoms with Crippen LogP contribution in [0, 0.1) is 6.92 Å².